The van der Waals surface area contributed by atoms with Crippen LogP contribution in [0.3, 0.4) is 0 Å². The lowest BCUT2D eigenvalue weighted by Gasteiger charge is -2.20. The summed E-state index contributed by atoms with van der Waals surface area (Å²) >= 11 is 0. The van der Waals surface area contributed by atoms with Gasteiger partial charge in [-0.15, -0.1) is 10.2 Å². The zero-order valence-corrected chi connectivity index (χ0v) is 14.3. The molecule has 0 aliphatic carbocycles. The Bertz CT molecular complexity index is 801. The molecule has 2 aromatic rings. The van der Waals surface area contributed by atoms with E-state index < -0.39 is 6.04 Å². The summed E-state index contributed by atoms with van der Waals surface area (Å²) in [5.41, 5.74) is 1.01. The molecule has 0 unspecified atom stereocenters. The Morgan fingerprint density at radius 1 is 1.08 bits per heavy atom. The number of aromatic nitrogens is 3. The standard InChI is InChI=1S/C18H21N5O2/c1-13-17(24)23(12-16-20-19-15-9-5-6-10-21(15)16)18(25)22(13)11-14-7-3-2-4-8-14/h2-4,7-8,13H,5-6,9-12H2,1H3/t13-/m0/s1. The van der Waals surface area contributed by atoms with Crippen LogP contribution in [0.5, 0.6) is 0 Å². The lowest BCUT2D eigenvalue weighted by molar-refractivity contribution is -0.128. The minimum Gasteiger partial charge on any atom is -0.313 e. The molecule has 1 fully saturated rings. The maximum absolute atomic E-state index is 12.8. The third-order valence-electron chi connectivity index (χ3n) is 5.00. The fourth-order valence-electron chi connectivity index (χ4n) is 3.53. The van der Waals surface area contributed by atoms with E-state index in [0.717, 1.165) is 37.2 Å². The molecule has 3 amide bonds. The molecule has 0 saturated carbocycles. The summed E-state index contributed by atoms with van der Waals surface area (Å²) in [6, 6.07) is 9.01. The van der Waals surface area contributed by atoms with Gasteiger partial charge in [-0.1, -0.05) is 30.3 Å². The van der Waals surface area contributed by atoms with Crippen LogP contribution < -0.4 is 0 Å². The van der Waals surface area contributed by atoms with Crippen LogP contribution in [0.2, 0.25) is 0 Å². The SMILES string of the molecule is C[C@H]1C(=O)N(Cc2nnc3n2CCCC3)C(=O)N1Cc1ccccc1. The maximum atomic E-state index is 12.8. The quantitative estimate of drug-likeness (QED) is 0.799. The number of rotatable bonds is 4. The van der Waals surface area contributed by atoms with Crippen molar-refractivity contribution >= 4 is 11.9 Å². The molecule has 7 heteroatoms. The molecule has 0 bridgehead atoms. The van der Waals surface area contributed by atoms with Crippen molar-refractivity contribution in [2.75, 3.05) is 0 Å². The van der Waals surface area contributed by atoms with E-state index in [1.54, 1.807) is 11.8 Å². The minimum absolute atomic E-state index is 0.172. The van der Waals surface area contributed by atoms with Crippen LogP contribution >= 0.6 is 0 Å². The number of carbonyl (C=O) groups excluding carboxylic acids is 2. The second-order valence-corrected chi connectivity index (χ2v) is 6.64. The topological polar surface area (TPSA) is 71.3 Å². The average Bonchev–Trinajstić information content (AvgIpc) is 3.13. The highest BCUT2D eigenvalue weighted by Crippen LogP contribution is 2.23. The Hall–Kier alpha value is -2.70. The molecular formula is C18H21N5O2. The van der Waals surface area contributed by atoms with Gasteiger partial charge in [0.2, 0.25) is 0 Å². The van der Waals surface area contributed by atoms with Crippen LogP contribution in [0.15, 0.2) is 30.3 Å². The van der Waals surface area contributed by atoms with Crippen molar-refractivity contribution in [2.24, 2.45) is 0 Å². The molecule has 130 valence electrons. The lowest BCUT2D eigenvalue weighted by Crippen LogP contribution is -2.34. The van der Waals surface area contributed by atoms with E-state index in [2.05, 4.69) is 14.8 Å². The van der Waals surface area contributed by atoms with Crippen molar-refractivity contribution in [2.45, 2.75) is 51.9 Å². The first-order chi connectivity index (χ1) is 12.1. The van der Waals surface area contributed by atoms with Crippen LogP contribution in [-0.4, -0.2) is 42.5 Å². The molecule has 25 heavy (non-hydrogen) atoms. The lowest BCUT2D eigenvalue weighted by atomic mass is 10.1. The summed E-state index contributed by atoms with van der Waals surface area (Å²) in [4.78, 5) is 28.3. The van der Waals surface area contributed by atoms with E-state index in [-0.39, 0.29) is 18.5 Å². The molecular weight excluding hydrogens is 318 g/mol. The van der Waals surface area contributed by atoms with Crippen molar-refractivity contribution in [1.29, 1.82) is 0 Å². The van der Waals surface area contributed by atoms with Crippen molar-refractivity contribution < 1.29 is 9.59 Å². The van der Waals surface area contributed by atoms with Gasteiger partial charge >= 0.3 is 6.03 Å². The molecule has 1 atom stereocenters. The summed E-state index contributed by atoms with van der Waals surface area (Å²) in [5.74, 6) is 1.48. The highest BCUT2D eigenvalue weighted by molar-refractivity contribution is 6.03. The highest BCUT2D eigenvalue weighted by atomic mass is 16.2. The number of nitrogens with zero attached hydrogens (tertiary/aromatic N) is 5. The summed E-state index contributed by atoms with van der Waals surface area (Å²) in [5, 5.41) is 8.42. The first-order valence-electron chi connectivity index (χ1n) is 8.72. The number of fused-ring (bicyclic) bond motifs is 1. The summed E-state index contributed by atoms with van der Waals surface area (Å²) in [7, 11) is 0. The predicted molar refractivity (Wildman–Crippen MR) is 90.4 cm³/mol. The molecule has 0 radical (unpaired) electrons. The number of hydrogen-bond acceptors (Lipinski definition) is 4. The average molecular weight is 339 g/mol. The summed E-state index contributed by atoms with van der Waals surface area (Å²) < 4.78 is 2.05. The summed E-state index contributed by atoms with van der Waals surface area (Å²) in [6.45, 7) is 3.26. The highest BCUT2D eigenvalue weighted by Gasteiger charge is 2.43. The number of hydrogen-bond donors (Lipinski definition) is 0. The first-order valence-corrected chi connectivity index (χ1v) is 8.72. The van der Waals surface area contributed by atoms with Gasteiger partial charge in [0.1, 0.15) is 11.9 Å². The van der Waals surface area contributed by atoms with E-state index in [1.807, 2.05) is 30.3 Å². The number of imide groups is 1. The second-order valence-electron chi connectivity index (χ2n) is 6.64. The number of amides is 3. The zero-order valence-electron chi connectivity index (χ0n) is 14.3. The molecule has 2 aliphatic rings. The van der Waals surface area contributed by atoms with Gasteiger partial charge in [0, 0.05) is 19.5 Å². The molecule has 7 nitrogen and oxygen atoms in total. The zero-order chi connectivity index (χ0) is 17.4. The van der Waals surface area contributed by atoms with Crippen LogP contribution in [0.25, 0.3) is 0 Å². The van der Waals surface area contributed by atoms with E-state index in [9.17, 15) is 9.59 Å². The maximum Gasteiger partial charge on any atom is 0.328 e. The Labute approximate surface area is 146 Å². The molecule has 0 N–H and O–H groups in total. The third-order valence-corrected chi connectivity index (χ3v) is 5.00. The van der Waals surface area contributed by atoms with Gasteiger partial charge in [0.25, 0.3) is 5.91 Å². The predicted octanol–water partition coefficient (Wildman–Crippen LogP) is 1.97. The van der Waals surface area contributed by atoms with Crippen molar-refractivity contribution in [1.82, 2.24) is 24.6 Å². The van der Waals surface area contributed by atoms with Crippen LogP contribution in [0, 0.1) is 0 Å². The normalized spacial score (nSPS) is 20.3. The van der Waals surface area contributed by atoms with Crippen LogP contribution in [-0.2, 0) is 30.8 Å². The molecule has 1 aromatic heterocycles. The van der Waals surface area contributed by atoms with Gasteiger partial charge in [-0.3, -0.25) is 9.69 Å². The monoisotopic (exact) mass is 339 g/mol. The molecule has 1 aromatic carbocycles. The summed E-state index contributed by atoms with van der Waals surface area (Å²) in [6.07, 6.45) is 3.10. The fraction of sp³-hybridized carbons (Fsp3) is 0.444. The van der Waals surface area contributed by atoms with Gasteiger partial charge in [-0.05, 0) is 25.3 Å². The van der Waals surface area contributed by atoms with Crippen LogP contribution in [0.4, 0.5) is 4.79 Å². The van der Waals surface area contributed by atoms with Gasteiger partial charge in [0.15, 0.2) is 5.82 Å². The van der Waals surface area contributed by atoms with Crippen molar-refractivity contribution in [3.8, 4) is 0 Å². The van der Waals surface area contributed by atoms with Crippen LogP contribution in [0.1, 0.15) is 37.0 Å². The van der Waals surface area contributed by atoms with Crippen molar-refractivity contribution in [3.63, 3.8) is 0 Å². The third kappa shape index (κ3) is 2.79. The van der Waals surface area contributed by atoms with E-state index >= 15 is 0 Å². The number of benzene rings is 1. The second kappa shape index (κ2) is 6.31. The Balaban J connectivity index is 1.53. The molecule has 1 saturated heterocycles. The van der Waals surface area contributed by atoms with Gasteiger partial charge in [-0.2, -0.15) is 0 Å². The number of aryl methyl sites for hydroxylation is 1. The van der Waals surface area contributed by atoms with E-state index in [0.29, 0.717) is 12.4 Å². The molecule has 3 heterocycles. The van der Waals surface area contributed by atoms with E-state index in [1.165, 1.54) is 4.90 Å². The Kier molecular flexibility index (Phi) is 3.99. The largest absolute Gasteiger partial charge is 0.328 e. The molecule has 2 aliphatic heterocycles. The molecule has 4 rings (SSSR count). The van der Waals surface area contributed by atoms with Crippen molar-refractivity contribution in [3.05, 3.63) is 47.5 Å². The number of urea groups is 1. The Morgan fingerprint density at radius 3 is 2.68 bits per heavy atom. The van der Waals surface area contributed by atoms with Gasteiger partial charge in [0.05, 0.1) is 6.54 Å². The van der Waals surface area contributed by atoms with Gasteiger partial charge in [-0.25, -0.2) is 4.79 Å². The minimum atomic E-state index is -0.462. The first kappa shape index (κ1) is 15.8. The molecule has 0 spiro atoms. The Morgan fingerprint density at radius 2 is 1.88 bits per heavy atom. The number of carbonyl (C=O) groups is 2. The van der Waals surface area contributed by atoms with Gasteiger partial charge < -0.3 is 9.47 Å². The van der Waals surface area contributed by atoms with E-state index in [4.69, 9.17) is 0 Å². The fourth-order valence-corrected chi connectivity index (χ4v) is 3.53. The smallest absolute Gasteiger partial charge is 0.313 e.